The van der Waals surface area contributed by atoms with Gasteiger partial charge < -0.3 is 10.0 Å². The molecule has 1 saturated heterocycles. The second kappa shape index (κ2) is 6.48. The van der Waals surface area contributed by atoms with Crippen LogP contribution in [0.2, 0.25) is 5.02 Å². The number of benzene rings is 1. The van der Waals surface area contributed by atoms with E-state index in [-0.39, 0.29) is 5.91 Å². The number of carbonyl (C=O) groups is 2. The Morgan fingerprint density at radius 2 is 2.14 bits per heavy atom. The van der Waals surface area contributed by atoms with Gasteiger partial charge >= 0.3 is 5.97 Å². The van der Waals surface area contributed by atoms with E-state index < -0.39 is 12.0 Å². The average molecular weight is 310 g/mol. The second-order valence-corrected chi connectivity index (χ2v) is 5.97. The maximum atomic E-state index is 12.7. The lowest BCUT2D eigenvalue weighted by Gasteiger charge is -2.37. The summed E-state index contributed by atoms with van der Waals surface area (Å²) in [5.74, 6) is -0.862. The van der Waals surface area contributed by atoms with Gasteiger partial charge in [0.25, 0.3) is 5.91 Å². The van der Waals surface area contributed by atoms with Crippen molar-refractivity contribution in [3.63, 3.8) is 0 Å². The lowest BCUT2D eigenvalue weighted by atomic mass is 9.88. The zero-order chi connectivity index (χ0) is 15.6. The van der Waals surface area contributed by atoms with Crippen LogP contribution < -0.4 is 0 Å². The van der Waals surface area contributed by atoms with E-state index in [2.05, 4.69) is 6.92 Å². The van der Waals surface area contributed by atoms with Crippen molar-refractivity contribution in [1.29, 1.82) is 0 Å². The number of hydrogen-bond donors (Lipinski definition) is 1. The van der Waals surface area contributed by atoms with Gasteiger partial charge in [0.15, 0.2) is 0 Å². The van der Waals surface area contributed by atoms with E-state index in [1.165, 1.54) is 4.90 Å². The molecule has 1 aliphatic rings. The van der Waals surface area contributed by atoms with E-state index in [4.69, 9.17) is 11.6 Å². The molecule has 4 nitrogen and oxygen atoms in total. The third-order valence-electron chi connectivity index (χ3n) is 4.26. The van der Waals surface area contributed by atoms with Crippen LogP contribution in [0.5, 0.6) is 0 Å². The molecule has 114 valence electrons. The van der Waals surface area contributed by atoms with Gasteiger partial charge in [-0.05, 0) is 37.3 Å². The number of carboxylic acids is 1. The summed E-state index contributed by atoms with van der Waals surface area (Å²) in [6.07, 6.45) is 2.30. The topological polar surface area (TPSA) is 57.6 Å². The number of aryl methyl sites for hydroxylation is 1. The predicted octanol–water partition coefficient (Wildman–Crippen LogP) is 3.36. The van der Waals surface area contributed by atoms with Crippen LogP contribution in [0.3, 0.4) is 0 Å². The summed E-state index contributed by atoms with van der Waals surface area (Å²) >= 11 is 6.20. The predicted molar refractivity (Wildman–Crippen MR) is 81.7 cm³/mol. The molecule has 5 heteroatoms. The van der Waals surface area contributed by atoms with Gasteiger partial charge in [-0.25, -0.2) is 4.79 Å². The number of carboxylic acid groups (broad SMARTS) is 1. The molecule has 0 radical (unpaired) electrons. The fourth-order valence-corrected chi connectivity index (χ4v) is 3.06. The number of piperidine rings is 1. The van der Waals surface area contributed by atoms with E-state index >= 15 is 0 Å². The molecule has 2 rings (SSSR count). The molecule has 0 aliphatic carbocycles. The molecular formula is C16H20ClNO3. The first-order valence-corrected chi connectivity index (χ1v) is 7.62. The van der Waals surface area contributed by atoms with Crippen LogP contribution in [0.15, 0.2) is 18.2 Å². The number of amides is 1. The molecule has 2 unspecified atom stereocenters. The normalized spacial score (nSPS) is 22.1. The van der Waals surface area contributed by atoms with Crippen LogP contribution in [0.4, 0.5) is 0 Å². The zero-order valence-electron chi connectivity index (χ0n) is 12.3. The zero-order valence-corrected chi connectivity index (χ0v) is 13.1. The van der Waals surface area contributed by atoms with Crippen molar-refractivity contribution in [2.45, 2.75) is 39.2 Å². The molecule has 1 aliphatic heterocycles. The Morgan fingerprint density at radius 1 is 1.43 bits per heavy atom. The van der Waals surface area contributed by atoms with Crippen LogP contribution in [0.1, 0.15) is 42.1 Å². The number of likely N-dealkylation sites (tertiary alicyclic amines) is 1. The Balaban J connectivity index is 2.28. The van der Waals surface area contributed by atoms with E-state index in [0.717, 1.165) is 18.4 Å². The summed E-state index contributed by atoms with van der Waals surface area (Å²) in [6.45, 7) is 4.36. The van der Waals surface area contributed by atoms with Crippen molar-refractivity contribution in [3.8, 4) is 0 Å². The first-order chi connectivity index (χ1) is 9.95. The van der Waals surface area contributed by atoms with Crippen LogP contribution in [-0.4, -0.2) is 34.5 Å². The number of halogens is 1. The number of carbonyl (C=O) groups excluding carboxylic acids is 1. The van der Waals surface area contributed by atoms with Crippen LogP contribution in [0, 0.1) is 12.8 Å². The first kappa shape index (κ1) is 15.8. The van der Waals surface area contributed by atoms with E-state index in [9.17, 15) is 14.7 Å². The van der Waals surface area contributed by atoms with Crippen LogP contribution in [0.25, 0.3) is 0 Å². The van der Waals surface area contributed by atoms with Crippen LogP contribution in [-0.2, 0) is 4.79 Å². The van der Waals surface area contributed by atoms with Gasteiger partial charge in [-0.2, -0.15) is 0 Å². The molecule has 1 heterocycles. The maximum absolute atomic E-state index is 12.7. The van der Waals surface area contributed by atoms with Gasteiger partial charge in [0, 0.05) is 6.54 Å². The molecule has 0 bridgehead atoms. The molecule has 0 spiro atoms. The molecule has 1 amide bonds. The number of nitrogens with zero attached hydrogens (tertiary/aromatic N) is 1. The molecule has 0 saturated carbocycles. The lowest BCUT2D eigenvalue weighted by molar-refractivity contribution is -0.144. The summed E-state index contributed by atoms with van der Waals surface area (Å²) < 4.78 is 0. The second-order valence-electron chi connectivity index (χ2n) is 5.59. The highest BCUT2D eigenvalue weighted by Crippen LogP contribution is 2.29. The smallest absolute Gasteiger partial charge is 0.326 e. The van der Waals surface area contributed by atoms with Gasteiger partial charge in [-0.1, -0.05) is 37.1 Å². The Labute approximate surface area is 129 Å². The molecule has 1 aromatic rings. The fraction of sp³-hybridized carbons (Fsp3) is 0.500. The summed E-state index contributed by atoms with van der Waals surface area (Å²) in [5, 5.41) is 9.82. The van der Waals surface area contributed by atoms with Gasteiger partial charge in [0.1, 0.15) is 6.04 Å². The molecule has 0 aromatic heterocycles. The standard InChI is InChI=1S/C16H20ClNO3/c1-3-11-7-8-18(13(9-11)16(20)21)15(19)12-6-4-5-10(2)14(12)17/h4-6,11,13H,3,7-9H2,1-2H3,(H,20,21). The number of rotatable bonds is 3. The Hall–Kier alpha value is -1.55. The quantitative estimate of drug-likeness (QED) is 0.931. The highest BCUT2D eigenvalue weighted by Gasteiger charge is 2.36. The van der Waals surface area contributed by atoms with Crippen LogP contribution >= 0.6 is 11.6 Å². The average Bonchev–Trinajstić information content (AvgIpc) is 2.48. The Bertz CT molecular complexity index is 558. The number of hydrogen-bond acceptors (Lipinski definition) is 2. The monoisotopic (exact) mass is 309 g/mol. The highest BCUT2D eigenvalue weighted by molar-refractivity contribution is 6.34. The van der Waals surface area contributed by atoms with Gasteiger partial charge in [-0.3, -0.25) is 4.79 Å². The van der Waals surface area contributed by atoms with Crippen molar-refractivity contribution in [2.24, 2.45) is 5.92 Å². The van der Waals surface area contributed by atoms with Crippen molar-refractivity contribution in [1.82, 2.24) is 4.90 Å². The Kier molecular flexibility index (Phi) is 4.88. The third kappa shape index (κ3) is 3.21. The summed E-state index contributed by atoms with van der Waals surface area (Å²) in [5.41, 5.74) is 1.20. The summed E-state index contributed by atoms with van der Waals surface area (Å²) in [6, 6.07) is 4.50. The summed E-state index contributed by atoms with van der Waals surface area (Å²) in [4.78, 5) is 25.6. The molecule has 1 aromatic carbocycles. The molecule has 1 N–H and O–H groups in total. The molecule has 2 atom stereocenters. The van der Waals surface area contributed by atoms with Crippen molar-refractivity contribution >= 4 is 23.5 Å². The largest absolute Gasteiger partial charge is 0.480 e. The van der Waals surface area contributed by atoms with Crippen molar-refractivity contribution < 1.29 is 14.7 Å². The first-order valence-electron chi connectivity index (χ1n) is 7.24. The lowest BCUT2D eigenvalue weighted by Crippen LogP contribution is -2.50. The fourth-order valence-electron chi connectivity index (χ4n) is 2.85. The third-order valence-corrected chi connectivity index (χ3v) is 4.76. The Morgan fingerprint density at radius 3 is 2.76 bits per heavy atom. The van der Waals surface area contributed by atoms with Gasteiger partial charge in [0.2, 0.25) is 0 Å². The minimum absolute atomic E-state index is 0.286. The van der Waals surface area contributed by atoms with Crippen molar-refractivity contribution in [2.75, 3.05) is 6.54 Å². The highest BCUT2D eigenvalue weighted by atomic mass is 35.5. The van der Waals surface area contributed by atoms with Crippen molar-refractivity contribution in [3.05, 3.63) is 34.3 Å². The molecule has 1 fully saturated rings. The molecular weight excluding hydrogens is 290 g/mol. The number of aliphatic carboxylic acids is 1. The minimum Gasteiger partial charge on any atom is -0.480 e. The maximum Gasteiger partial charge on any atom is 0.326 e. The minimum atomic E-state index is -0.940. The van der Waals surface area contributed by atoms with E-state index in [1.807, 2.05) is 13.0 Å². The SMILES string of the molecule is CCC1CCN(C(=O)c2cccc(C)c2Cl)C(C(=O)O)C1. The summed E-state index contributed by atoms with van der Waals surface area (Å²) in [7, 11) is 0. The van der Waals surface area contributed by atoms with Gasteiger partial charge in [-0.15, -0.1) is 0 Å². The van der Waals surface area contributed by atoms with E-state index in [0.29, 0.717) is 29.5 Å². The molecule has 21 heavy (non-hydrogen) atoms. The van der Waals surface area contributed by atoms with Gasteiger partial charge in [0.05, 0.1) is 10.6 Å². The van der Waals surface area contributed by atoms with E-state index in [1.54, 1.807) is 12.1 Å².